The van der Waals surface area contributed by atoms with Gasteiger partial charge in [-0.25, -0.2) is 4.39 Å². The lowest BCUT2D eigenvalue weighted by atomic mass is 10.0. The third-order valence-electron chi connectivity index (χ3n) is 4.53. The number of carbonyl (C=O) groups is 1. The summed E-state index contributed by atoms with van der Waals surface area (Å²) >= 11 is 0. The molecule has 0 bridgehead atoms. The summed E-state index contributed by atoms with van der Waals surface area (Å²) in [6.45, 7) is 4.43. The van der Waals surface area contributed by atoms with Crippen LogP contribution in [-0.4, -0.2) is 36.5 Å². The number of hydrogen-bond acceptors (Lipinski definition) is 2. The number of nitrogens with zero attached hydrogens (tertiary/aromatic N) is 1. The van der Waals surface area contributed by atoms with Crippen molar-refractivity contribution >= 4 is 18.3 Å². The molecular formula is C17H24ClFN2O. The number of aryl methyl sites for hydroxylation is 1. The monoisotopic (exact) mass is 326 g/mol. The van der Waals surface area contributed by atoms with Crippen molar-refractivity contribution in [3.63, 3.8) is 0 Å². The molecule has 1 saturated carbocycles. The van der Waals surface area contributed by atoms with E-state index >= 15 is 0 Å². The molecule has 1 aromatic carbocycles. The zero-order chi connectivity index (χ0) is 14.8. The van der Waals surface area contributed by atoms with Crippen LogP contribution in [0.3, 0.4) is 0 Å². The molecule has 22 heavy (non-hydrogen) atoms. The summed E-state index contributed by atoms with van der Waals surface area (Å²) in [6.07, 6.45) is 4.64. The highest BCUT2D eigenvalue weighted by molar-refractivity contribution is 5.94. The first-order chi connectivity index (χ1) is 10.1. The van der Waals surface area contributed by atoms with E-state index in [4.69, 9.17) is 0 Å². The molecule has 0 unspecified atom stereocenters. The topological polar surface area (TPSA) is 32.3 Å². The smallest absolute Gasteiger partial charge is 0.256 e. The van der Waals surface area contributed by atoms with Gasteiger partial charge >= 0.3 is 0 Å². The molecule has 1 saturated heterocycles. The summed E-state index contributed by atoms with van der Waals surface area (Å²) in [4.78, 5) is 14.2. The van der Waals surface area contributed by atoms with Gasteiger partial charge in [-0.3, -0.25) is 4.79 Å². The maximum Gasteiger partial charge on any atom is 0.256 e. The van der Waals surface area contributed by atoms with Crippen LogP contribution >= 0.6 is 12.4 Å². The molecule has 1 aliphatic carbocycles. The van der Waals surface area contributed by atoms with Crippen LogP contribution in [0.4, 0.5) is 4.39 Å². The molecule has 1 heterocycles. The Morgan fingerprint density at radius 2 is 1.95 bits per heavy atom. The number of rotatable bonds is 4. The normalized spacial score (nSPS) is 18.9. The zero-order valence-electron chi connectivity index (χ0n) is 13.0. The zero-order valence-corrected chi connectivity index (χ0v) is 13.8. The van der Waals surface area contributed by atoms with Gasteiger partial charge in [0.2, 0.25) is 0 Å². The third-order valence-corrected chi connectivity index (χ3v) is 4.53. The van der Waals surface area contributed by atoms with E-state index in [0.717, 1.165) is 30.9 Å². The highest BCUT2D eigenvalue weighted by Gasteiger charge is 2.27. The fraction of sp³-hybridized carbons (Fsp3) is 0.588. The Morgan fingerprint density at radius 1 is 1.27 bits per heavy atom. The Balaban J connectivity index is 0.00000176. The van der Waals surface area contributed by atoms with Gasteiger partial charge in [-0.1, -0.05) is 11.6 Å². The van der Waals surface area contributed by atoms with E-state index in [-0.39, 0.29) is 23.9 Å². The van der Waals surface area contributed by atoms with Crippen molar-refractivity contribution in [2.75, 3.05) is 19.6 Å². The predicted molar refractivity (Wildman–Crippen MR) is 88.0 cm³/mol. The molecule has 1 aromatic rings. The molecule has 3 rings (SSSR count). The first kappa shape index (κ1) is 17.2. The molecule has 0 aromatic heterocycles. The van der Waals surface area contributed by atoms with E-state index in [1.54, 1.807) is 17.0 Å². The second-order valence-corrected chi connectivity index (χ2v) is 6.40. The minimum absolute atomic E-state index is 0. The number of nitrogens with one attached hydrogen (secondary N) is 1. The van der Waals surface area contributed by atoms with Gasteiger partial charge in [0, 0.05) is 19.1 Å². The average Bonchev–Trinajstić information content (AvgIpc) is 3.32. The van der Waals surface area contributed by atoms with E-state index in [1.165, 1.54) is 18.9 Å². The van der Waals surface area contributed by atoms with E-state index in [0.29, 0.717) is 19.1 Å². The molecule has 5 heteroatoms. The Labute approximate surface area is 137 Å². The van der Waals surface area contributed by atoms with Crippen molar-refractivity contribution in [1.82, 2.24) is 10.2 Å². The lowest BCUT2D eigenvalue weighted by Gasteiger charge is -2.32. The van der Waals surface area contributed by atoms with E-state index in [2.05, 4.69) is 5.32 Å². The second-order valence-electron chi connectivity index (χ2n) is 6.40. The third kappa shape index (κ3) is 4.20. The van der Waals surface area contributed by atoms with Gasteiger partial charge in [-0.05, 0) is 57.2 Å². The fourth-order valence-corrected chi connectivity index (χ4v) is 2.92. The van der Waals surface area contributed by atoms with Gasteiger partial charge in [0.15, 0.2) is 0 Å². The molecule has 1 aliphatic heterocycles. The molecule has 2 fully saturated rings. The van der Waals surface area contributed by atoms with Gasteiger partial charge in [-0.2, -0.15) is 0 Å². The van der Waals surface area contributed by atoms with Gasteiger partial charge in [-0.15, -0.1) is 12.4 Å². The van der Waals surface area contributed by atoms with Gasteiger partial charge < -0.3 is 10.2 Å². The van der Waals surface area contributed by atoms with Crippen LogP contribution in [0, 0.1) is 18.7 Å². The average molecular weight is 327 g/mol. The lowest BCUT2D eigenvalue weighted by Crippen LogP contribution is -2.45. The Bertz CT molecular complexity index is 525. The predicted octanol–water partition coefficient (Wildman–Crippen LogP) is 3.16. The molecule has 2 aliphatic rings. The van der Waals surface area contributed by atoms with Crippen molar-refractivity contribution in [3.05, 3.63) is 35.1 Å². The molecule has 122 valence electrons. The summed E-state index contributed by atoms with van der Waals surface area (Å²) in [6, 6.07) is 5.24. The molecule has 1 N–H and O–H groups in total. The van der Waals surface area contributed by atoms with E-state index in [1.807, 2.05) is 6.92 Å². The number of piperidine rings is 1. The molecule has 3 nitrogen and oxygen atoms in total. The van der Waals surface area contributed by atoms with Crippen LogP contribution in [0.25, 0.3) is 0 Å². The molecule has 0 radical (unpaired) electrons. The van der Waals surface area contributed by atoms with Crippen LogP contribution in [0.2, 0.25) is 0 Å². The number of halogens is 2. The van der Waals surface area contributed by atoms with Crippen LogP contribution in [0.15, 0.2) is 18.2 Å². The van der Waals surface area contributed by atoms with Gasteiger partial charge in [0.05, 0.1) is 5.56 Å². The number of likely N-dealkylation sites (tertiary alicyclic amines) is 1. The van der Waals surface area contributed by atoms with Crippen molar-refractivity contribution < 1.29 is 9.18 Å². The first-order valence-electron chi connectivity index (χ1n) is 7.92. The summed E-state index contributed by atoms with van der Waals surface area (Å²) in [7, 11) is 0. The Morgan fingerprint density at radius 3 is 2.59 bits per heavy atom. The fourth-order valence-electron chi connectivity index (χ4n) is 2.92. The maximum atomic E-state index is 13.8. The SMILES string of the molecule is Cc1ccc(F)c(C(=O)N2CCC(NCC3CC3)CC2)c1.Cl. The molecule has 1 amide bonds. The summed E-state index contributed by atoms with van der Waals surface area (Å²) in [5.74, 6) is 0.294. The highest BCUT2D eigenvalue weighted by Crippen LogP contribution is 2.28. The number of amides is 1. The van der Waals surface area contributed by atoms with Crippen molar-refractivity contribution in [1.29, 1.82) is 0 Å². The minimum Gasteiger partial charge on any atom is -0.338 e. The molecule has 0 spiro atoms. The largest absolute Gasteiger partial charge is 0.338 e. The second kappa shape index (κ2) is 7.42. The van der Waals surface area contributed by atoms with Crippen LogP contribution in [0.1, 0.15) is 41.6 Å². The number of benzene rings is 1. The quantitative estimate of drug-likeness (QED) is 0.921. The maximum absolute atomic E-state index is 13.8. The molecule has 0 atom stereocenters. The first-order valence-corrected chi connectivity index (χ1v) is 7.92. The van der Waals surface area contributed by atoms with Gasteiger partial charge in [0.25, 0.3) is 5.91 Å². The van der Waals surface area contributed by atoms with Crippen LogP contribution < -0.4 is 5.32 Å². The van der Waals surface area contributed by atoms with E-state index < -0.39 is 5.82 Å². The number of carbonyl (C=O) groups excluding carboxylic acids is 1. The molecular weight excluding hydrogens is 303 g/mol. The lowest BCUT2D eigenvalue weighted by molar-refractivity contribution is 0.0700. The summed E-state index contributed by atoms with van der Waals surface area (Å²) < 4.78 is 13.8. The summed E-state index contributed by atoms with van der Waals surface area (Å²) in [5.41, 5.74) is 1.13. The number of hydrogen-bond donors (Lipinski definition) is 1. The Kier molecular flexibility index (Phi) is 5.81. The highest BCUT2D eigenvalue weighted by atomic mass is 35.5. The van der Waals surface area contributed by atoms with Crippen LogP contribution in [-0.2, 0) is 0 Å². The van der Waals surface area contributed by atoms with Crippen molar-refractivity contribution in [3.8, 4) is 0 Å². The van der Waals surface area contributed by atoms with Crippen molar-refractivity contribution in [2.24, 2.45) is 5.92 Å². The standard InChI is InChI=1S/C17H23FN2O.ClH/c1-12-2-5-16(18)15(10-12)17(21)20-8-6-14(7-9-20)19-11-13-3-4-13;/h2,5,10,13-14,19H,3-4,6-9,11H2,1H3;1H. The van der Waals surface area contributed by atoms with Crippen molar-refractivity contribution in [2.45, 2.75) is 38.6 Å². The van der Waals surface area contributed by atoms with E-state index in [9.17, 15) is 9.18 Å². The Hall–Kier alpha value is -1.13. The van der Waals surface area contributed by atoms with Crippen LogP contribution in [0.5, 0.6) is 0 Å². The summed E-state index contributed by atoms with van der Waals surface area (Å²) in [5, 5.41) is 3.59. The minimum atomic E-state index is -0.417. The van der Waals surface area contributed by atoms with Gasteiger partial charge in [0.1, 0.15) is 5.82 Å².